The van der Waals surface area contributed by atoms with Gasteiger partial charge in [0.15, 0.2) is 0 Å². The van der Waals surface area contributed by atoms with Crippen molar-refractivity contribution in [2.75, 3.05) is 6.54 Å². The standard InChI is InChI=1S/C11H21N5O5/c1-11(2,3)21-10(19)14-7(8(17)18)5-4-6-13-9(12)15-16-20/h7H,4-6H2,1-3H3,(H,14,19)(H,17,18)(H3,12,13,15,20)/t7-/m0/s1. The lowest BCUT2D eigenvalue weighted by Crippen LogP contribution is -2.44. The van der Waals surface area contributed by atoms with Crippen LogP contribution < -0.4 is 16.4 Å². The Morgan fingerprint density at radius 2 is 2.00 bits per heavy atom. The number of aliphatic carboxylic acids is 1. The Morgan fingerprint density at radius 3 is 2.48 bits per heavy atom. The highest BCUT2D eigenvalue weighted by Gasteiger charge is 2.23. The maximum atomic E-state index is 11.5. The number of nitrogens with zero attached hydrogens (tertiary/aromatic N) is 2. The van der Waals surface area contributed by atoms with Crippen LogP contribution in [0.25, 0.3) is 0 Å². The molecular formula is C11H21N5O5. The van der Waals surface area contributed by atoms with Crippen LogP contribution in [0.3, 0.4) is 0 Å². The van der Waals surface area contributed by atoms with Crippen LogP contribution in [0.4, 0.5) is 4.79 Å². The molecule has 0 saturated heterocycles. The first-order chi connectivity index (χ1) is 9.65. The number of guanidine groups is 1. The van der Waals surface area contributed by atoms with Gasteiger partial charge in [-0.1, -0.05) is 5.10 Å². The number of carbonyl (C=O) groups excluding carboxylic acids is 1. The third-order valence-corrected chi connectivity index (χ3v) is 2.11. The SMILES string of the molecule is CC(C)(C)OC(=O)N[C@@H](CCCN/C(N)=N\N=O)C(=O)O. The molecule has 0 aliphatic heterocycles. The van der Waals surface area contributed by atoms with Crippen molar-refractivity contribution in [1.82, 2.24) is 10.6 Å². The Balaban J connectivity index is 4.20. The van der Waals surface area contributed by atoms with Crippen LogP contribution in [-0.2, 0) is 9.53 Å². The minimum Gasteiger partial charge on any atom is -0.480 e. The summed E-state index contributed by atoms with van der Waals surface area (Å²) in [5.41, 5.74) is 4.54. The first-order valence-electron chi connectivity index (χ1n) is 6.27. The molecule has 0 bridgehead atoms. The highest BCUT2D eigenvalue weighted by Crippen LogP contribution is 2.07. The maximum absolute atomic E-state index is 11.5. The fourth-order valence-corrected chi connectivity index (χ4v) is 1.31. The molecule has 5 N–H and O–H groups in total. The molecule has 0 aromatic heterocycles. The summed E-state index contributed by atoms with van der Waals surface area (Å²) >= 11 is 0. The molecule has 0 rings (SSSR count). The van der Waals surface area contributed by atoms with Crippen LogP contribution in [0.15, 0.2) is 10.4 Å². The number of nitrogens with two attached hydrogens (primary N) is 1. The van der Waals surface area contributed by atoms with Gasteiger partial charge in [0.25, 0.3) is 0 Å². The Kier molecular flexibility index (Phi) is 7.72. The topological polar surface area (TPSA) is 155 Å². The molecule has 0 spiro atoms. The minimum atomic E-state index is -1.17. The highest BCUT2D eigenvalue weighted by atomic mass is 16.6. The molecule has 0 aromatic carbocycles. The Morgan fingerprint density at radius 1 is 1.38 bits per heavy atom. The average molecular weight is 303 g/mol. The molecule has 10 nitrogen and oxygen atoms in total. The monoisotopic (exact) mass is 303 g/mol. The molecule has 0 radical (unpaired) electrons. The van der Waals surface area contributed by atoms with Crippen LogP contribution in [-0.4, -0.2) is 41.3 Å². The van der Waals surface area contributed by atoms with E-state index < -0.39 is 23.7 Å². The number of carboxylic acids is 1. The van der Waals surface area contributed by atoms with Crippen molar-refractivity contribution in [2.45, 2.75) is 45.3 Å². The second-order valence-corrected chi connectivity index (χ2v) is 5.17. The van der Waals surface area contributed by atoms with E-state index in [-0.39, 0.29) is 18.9 Å². The van der Waals surface area contributed by atoms with Gasteiger partial charge in [-0.2, -0.15) is 0 Å². The first kappa shape index (κ1) is 18.6. The zero-order chi connectivity index (χ0) is 16.5. The van der Waals surface area contributed by atoms with E-state index in [2.05, 4.69) is 21.0 Å². The van der Waals surface area contributed by atoms with Gasteiger partial charge in [-0.25, -0.2) is 9.59 Å². The summed E-state index contributed by atoms with van der Waals surface area (Å²) in [5.74, 6) is -1.32. The van der Waals surface area contributed by atoms with Crippen LogP contribution in [0, 0.1) is 4.91 Å². The van der Waals surface area contributed by atoms with E-state index in [1.165, 1.54) is 0 Å². The lowest BCUT2D eigenvalue weighted by atomic mass is 10.1. The van der Waals surface area contributed by atoms with Gasteiger partial charge in [-0.05, 0) is 33.6 Å². The number of carboxylic acid groups (broad SMARTS) is 1. The van der Waals surface area contributed by atoms with Crippen LogP contribution in [0.5, 0.6) is 0 Å². The van der Waals surface area contributed by atoms with Crippen molar-refractivity contribution in [3.8, 4) is 0 Å². The number of hydrogen-bond donors (Lipinski definition) is 4. The predicted molar refractivity (Wildman–Crippen MR) is 75.4 cm³/mol. The van der Waals surface area contributed by atoms with E-state index in [0.29, 0.717) is 6.42 Å². The fraction of sp³-hybridized carbons (Fsp3) is 0.727. The zero-order valence-corrected chi connectivity index (χ0v) is 12.3. The number of nitrogens with one attached hydrogen (secondary N) is 2. The van der Waals surface area contributed by atoms with Crippen molar-refractivity contribution >= 4 is 18.0 Å². The third kappa shape index (κ3) is 10.1. The zero-order valence-electron chi connectivity index (χ0n) is 12.3. The van der Waals surface area contributed by atoms with Crippen LogP contribution in [0.2, 0.25) is 0 Å². The number of carbonyl (C=O) groups is 2. The van der Waals surface area contributed by atoms with Crippen molar-refractivity contribution < 1.29 is 19.4 Å². The summed E-state index contributed by atoms with van der Waals surface area (Å²) in [6.07, 6.45) is -0.264. The number of nitroso groups, excluding NO2 is 1. The average Bonchev–Trinajstić information content (AvgIpc) is 2.30. The fourth-order valence-electron chi connectivity index (χ4n) is 1.31. The summed E-state index contributed by atoms with van der Waals surface area (Å²) in [6.45, 7) is 5.31. The van der Waals surface area contributed by atoms with E-state index in [0.717, 1.165) is 0 Å². The highest BCUT2D eigenvalue weighted by molar-refractivity contribution is 5.80. The molecule has 0 aliphatic carbocycles. The van der Waals surface area contributed by atoms with Crippen molar-refractivity contribution in [1.29, 1.82) is 0 Å². The minimum absolute atomic E-state index is 0.156. The second kappa shape index (κ2) is 8.72. The summed E-state index contributed by atoms with van der Waals surface area (Å²) in [5, 5.41) is 19.1. The van der Waals surface area contributed by atoms with Gasteiger partial charge in [-0.3, -0.25) is 0 Å². The molecule has 21 heavy (non-hydrogen) atoms. The van der Waals surface area contributed by atoms with Gasteiger partial charge in [0, 0.05) is 6.54 Å². The molecule has 10 heteroatoms. The summed E-state index contributed by atoms with van der Waals surface area (Å²) in [4.78, 5) is 32.3. The Bertz CT molecular complexity index is 404. The molecular weight excluding hydrogens is 282 g/mol. The number of amides is 1. The quantitative estimate of drug-likeness (QED) is 0.173. The molecule has 0 aromatic rings. The lowest BCUT2D eigenvalue weighted by molar-refractivity contribution is -0.139. The lowest BCUT2D eigenvalue weighted by Gasteiger charge is -2.22. The Hall–Kier alpha value is -2.39. The summed E-state index contributed by atoms with van der Waals surface area (Å²) < 4.78 is 4.98. The van der Waals surface area contributed by atoms with Gasteiger partial charge in [0.05, 0.1) is 5.29 Å². The first-order valence-corrected chi connectivity index (χ1v) is 6.27. The van der Waals surface area contributed by atoms with Crippen LogP contribution in [0.1, 0.15) is 33.6 Å². The third-order valence-electron chi connectivity index (χ3n) is 2.11. The van der Waals surface area contributed by atoms with Crippen molar-refractivity contribution in [3.63, 3.8) is 0 Å². The normalized spacial score (nSPS) is 13.2. The molecule has 0 unspecified atom stereocenters. The van der Waals surface area contributed by atoms with Gasteiger partial charge in [0.1, 0.15) is 11.6 Å². The van der Waals surface area contributed by atoms with Crippen molar-refractivity contribution in [2.24, 2.45) is 16.1 Å². The molecule has 120 valence electrons. The van der Waals surface area contributed by atoms with Gasteiger partial charge in [0.2, 0.25) is 5.96 Å². The van der Waals surface area contributed by atoms with E-state index in [1.807, 2.05) is 0 Å². The summed E-state index contributed by atoms with van der Waals surface area (Å²) in [7, 11) is 0. The largest absolute Gasteiger partial charge is 0.480 e. The molecule has 0 fully saturated rings. The van der Waals surface area contributed by atoms with Crippen molar-refractivity contribution in [3.05, 3.63) is 4.91 Å². The number of hydrogen-bond acceptors (Lipinski definition) is 5. The maximum Gasteiger partial charge on any atom is 0.408 e. The molecule has 1 amide bonds. The molecule has 0 aliphatic rings. The van der Waals surface area contributed by atoms with Gasteiger partial charge < -0.3 is 26.2 Å². The molecule has 0 saturated carbocycles. The summed E-state index contributed by atoms with van der Waals surface area (Å²) in [6, 6.07) is -1.08. The number of rotatable bonds is 7. The molecule has 0 heterocycles. The van der Waals surface area contributed by atoms with E-state index in [4.69, 9.17) is 15.6 Å². The van der Waals surface area contributed by atoms with Gasteiger partial charge >= 0.3 is 12.1 Å². The second-order valence-electron chi connectivity index (χ2n) is 5.17. The predicted octanol–water partition coefficient (Wildman–Crippen LogP) is 0.330. The van der Waals surface area contributed by atoms with E-state index in [1.54, 1.807) is 20.8 Å². The van der Waals surface area contributed by atoms with E-state index in [9.17, 15) is 14.5 Å². The Labute approximate surface area is 122 Å². The molecule has 1 atom stereocenters. The smallest absolute Gasteiger partial charge is 0.408 e. The number of alkyl carbamates (subject to hydrolysis) is 1. The number of ether oxygens (including phenoxy) is 1. The van der Waals surface area contributed by atoms with E-state index >= 15 is 0 Å². The van der Waals surface area contributed by atoms with Crippen LogP contribution >= 0.6 is 0 Å². The van der Waals surface area contributed by atoms with Gasteiger partial charge in [-0.15, -0.1) is 4.91 Å².